The molecule has 1 aromatic carbocycles. The molecule has 1 aliphatic heterocycles. The molecule has 0 unspecified atom stereocenters. The summed E-state index contributed by atoms with van der Waals surface area (Å²) < 4.78 is 6.33. The predicted molar refractivity (Wildman–Crippen MR) is 81.4 cm³/mol. The molecule has 0 spiro atoms. The average Bonchev–Trinajstić information content (AvgIpc) is 2.70. The maximum Gasteiger partial charge on any atom is 0.439 e. The molecule has 1 aromatic rings. The molecular formula is C14H16INO3. The van der Waals surface area contributed by atoms with Crippen molar-refractivity contribution in [3.8, 4) is 0 Å². The van der Waals surface area contributed by atoms with Gasteiger partial charge in [0.05, 0.1) is 5.70 Å². The fraction of sp³-hybridized carbons (Fsp3) is 0.357. The molecule has 0 fully saturated rings. The van der Waals surface area contributed by atoms with Crippen LogP contribution >= 0.6 is 22.6 Å². The zero-order valence-electron chi connectivity index (χ0n) is 11.1. The van der Waals surface area contributed by atoms with Crippen molar-refractivity contribution in [2.24, 2.45) is 0 Å². The van der Waals surface area contributed by atoms with Crippen molar-refractivity contribution >= 4 is 34.4 Å². The molecule has 1 aliphatic rings. The molecule has 0 N–H and O–H groups in total. The lowest BCUT2D eigenvalue weighted by Crippen LogP contribution is -2.33. The SMILES string of the molecule is CC(C)(C)OC(=O)N1OCC(I)=C1c1ccccc1. The van der Waals surface area contributed by atoms with Gasteiger partial charge in [-0.1, -0.05) is 30.3 Å². The van der Waals surface area contributed by atoms with Gasteiger partial charge in [0.1, 0.15) is 12.2 Å². The number of hydrogen-bond acceptors (Lipinski definition) is 3. The number of hydroxylamine groups is 2. The minimum Gasteiger partial charge on any atom is -0.442 e. The topological polar surface area (TPSA) is 38.8 Å². The van der Waals surface area contributed by atoms with E-state index in [0.717, 1.165) is 14.8 Å². The second-order valence-electron chi connectivity index (χ2n) is 5.17. The summed E-state index contributed by atoms with van der Waals surface area (Å²) in [6.45, 7) is 5.89. The number of nitrogens with zero attached hydrogens (tertiary/aromatic N) is 1. The first-order chi connectivity index (χ1) is 8.88. The van der Waals surface area contributed by atoms with Crippen LogP contribution in [0.3, 0.4) is 0 Å². The third-order valence-corrected chi connectivity index (χ3v) is 3.21. The Morgan fingerprint density at radius 2 is 1.95 bits per heavy atom. The highest BCUT2D eigenvalue weighted by Crippen LogP contribution is 2.34. The van der Waals surface area contributed by atoms with E-state index in [-0.39, 0.29) is 0 Å². The van der Waals surface area contributed by atoms with Gasteiger partial charge in [-0.3, -0.25) is 4.84 Å². The lowest BCUT2D eigenvalue weighted by atomic mass is 10.1. The molecule has 5 heteroatoms. The number of carbonyl (C=O) groups excluding carboxylic acids is 1. The highest BCUT2D eigenvalue weighted by atomic mass is 127. The van der Waals surface area contributed by atoms with Crippen LogP contribution in [-0.4, -0.2) is 23.4 Å². The molecule has 0 saturated carbocycles. The summed E-state index contributed by atoms with van der Waals surface area (Å²) in [5, 5.41) is 1.24. The number of amides is 1. The first kappa shape index (κ1) is 14.3. The van der Waals surface area contributed by atoms with Gasteiger partial charge in [-0.05, 0) is 43.4 Å². The van der Waals surface area contributed by atoms with Gasteiger partial charge in [0.2, 0.25) is 0 Å². The van der Waals surface area contributed by atoms with E-state index in [2.05, 4.69) is 22.6 Å². The summed E-state index contributed by atoms with van der Waals surface area (Å²) in [5.74, 6) is 0. The lowest BCUT2D eigenvalue weighted by molar-refractivity contribution is -0.0857. The molecule has 1 amide bonds. The average molecular weight is 373 g/mol. The largest absolute Gasteiger partial charge is 0.442 e. The summed E-state index contributed by atoms with van der Waals surface area (Å²) in [6, 6.07) is 9.68. The number of halogens is 1. The number of rotatable bonds is 1. The molecule has 19 heavy (non-hydrogen) atoms. The van der Waals surface area contributed by atoms with Gasteiger partial charge < -0.3 is 4.74 Å². The van der Waals surface area contributed by atoms with Crippen LogP contribution < -0.4 is 0 Å². The van der Waals surface area contributed by atoms with Gasteiger partial charge in [-0.25, -0.2) is 4.79 Å². The van der Waals surface area contributed by atoms with Crippen LogP contribution in [0.5, 0.6) is 0 Å². The van der Waals surface area contributed by atoms with Crippen LogP contribution in [-0.2, 0) is 9.57 Å². The van der Waals surface area contributed by atoms with Crippen molar-refractivity contribution < 1.29 is 14.4 Å². The van der Waals surface area contributed by atoms with Crippen LogP contribution in [0.1, 0.15) is 26.3 Å². The van der Waals surface area contributed by atoms with Crippen LogP contribution in [0.25, 0.3) is 5.70 Å². The summed E-state index contributed by atoms with van der Waals surface area (Å²) in [7, 11) is 0. The number of carbonyl (C=O) groups is 1. The quantitative estimate of drug-likeness (QED) is 0.700. The minimum atomic E-state index is -0.545. The molecule has 0 atom stereocenters. The van der Waals surface area contributed by atoms with Crippen molar-refractivity contribution in [1.29, 1.82) is 0 Å². The molecule has 102 valence electrons. The Bertz CT molecular complexity index is 505. The molecule has 2 rings (SSSR count). The molecule has 1 heterocycles. The first-order valence-corrected chi connectivity index (χ1v) is 7.06. The number of benzene rings is 1. The van der Waals surface area contributed by atoms with Crippen molar-refractivity contribution in [3.05, 3.63) is 39.5 Å². The molecule has 0 radical (unpaired) electrons. The van der Waals surface area contributed by atoms with E-state index in [1.807, 2.05) is 51.1 Å². The van der Waals surface area contributed by atoms with E-state index in [0.29, 0.717) is 6.61 Å². The van der Waals surface area contributed by atoms with Gasteiger partial charge in [-0.2, -0.15) is 5.06 Å². The maximum atomic E-state index is 12.1. The number of hydrogen-bond donors (Lipinski definition) is 0. The second kappa shape index (κ2) is 5.50. The van der Waals surface area contributed by atoms with E-state index in [1.165, 1.54) is 5.06 Å². The molecule has 0 aromatic heterocycles. The second-order valence-corrected chi connectivity index (χ2v) is 6.47. The third-order valence-electron chi connectivity index (χ3n) is 2.39. The zero-order valence-corrected chi connectivity index (χ0v) is 13.3. The van der Waals surface area contributed by atoms with Crippen LogP contribution in [0.2, 0.25) is 0 Å². The monoisotopic (exact) mass is 373 g/mol. The van der Waals surface area contributed by atoms with Crippen LogP contribution in [0.4, 0.5) is 4.79 Å². The maximum absolute atomic E-state index is 12.1. The Kier molecular flexibility index (Phi) is 4.15. The van der Waals surface area contributed by atoms with E-state index < -0.39 is 11.7 Å². The fourth-order valence-corrected chi connectivity index (χ4v) is 2.35. The number of ether oxygens (including phenoxy) is 1. The summed E-state index contributed by atoms with van der Waals surface area (Å²) in [6.07, 6.45) is -0.488. The Hall–Kier alpha value is -1.08. The molecule has 0 aliphatic carbocycles. The van der Waals surface area contributed by atoms with Crippen LogP contribution in [0, 0.1) is 0 Å². The Morgan fingerprint density at radius 1 is 1.32 bits per heavy atom. The van der Waals surface area contributed by atoms with Gasteiger partial charge in [-0.15, -0.1) is 0 Å². The minimum absolute atomic E-state index is 0.393. The Labute approximate surface area is 126 Å². The van der Waals surface area contributed by atoms with E-state index in [1.54, 1.807) is 0 Å². The van der Waals surface area contributed by atoms with Gasteiger partial charge in [0.25, 0.3) is 0 Å². The normalized spacial score (nSPS) is 15.9. The van der Waals surface area contributed by atoms with Crippen molar-refractivity contribution in [3.63, 3.8) is 0 Å². The highest BCUT2D eigenvalue weighted by Gasteiger charge is 2.32. The van der Waals surface area contributed by atoms with E-state index >= 15 is 0 Å². The summed E-state index contributed by atoms with van der Waals surface area (Å²) in [4.78, 5) is 17.5. The standard InChI is InChI=1S/C14H16INO3/c1-14(2,3)19-13(17)16-12(11(15)9-18-16)10-7-5-4-6-8-10/h4-8H,9H2,1-3H3. The molecule has 0 bridgehead atoms. The van der Waals surface area contributed by atoms with Gasteiger partial charge >= 0.3 is 6.09 Å². The highest BCUT2D eigenvalue weighted by molar-refractivity contribution is 14.1. The van der Waals surface area contributed by atoms with Gasteiger partial charge in [0, 0.05) is 9.14 Å². The van der Waals surface area contributed by atoms with Crippen molar-refractivity contribution in [1.82, 2.24) is 5.06 Å². The smallest absolute Gasteiger partial charge is 0.439 e. The Morgan fingerprint density at radius 3 is 2.53 bits per heavy atom. The van der Waals surface area contributed by atoms with E-state index in [4.69, 9.17) is 9.57 Å². The molecule has 4 nitrogen and oxygen atoms in total. The predicted octanol–water partition coefficient (Wildman–Crippen LogP) is 3.97. The Balaban J connectivity index is 2.26. The fourth-order valence-electron chi connectivity index (χ4n) is 1.68. The lowest BCUT2D eigenvalue weighted by Gasteiger charge is -2.24. The molecule has 0 saturated heterocycles. The third kappa shape index (κ3) is 3.48. The molecular weight excluding hydrogens is 357 g/mol. The van der Waals surface area contributed by atoms with Gasteiger partial charge in [0.15, 0.2) is 0 Å². The first-order valence-electron chi connectivity index (χ1n) is 5.98. The van der Waals surface area contributed by atoms with Crippen molar-refractivity contribution in [2.45, 2.75) is 26.4 Å². The van der Waals surface area contributed by atoms with Crippen molar-refractivity contribution in [2.75, 3.05) is 6.61 Å². The summed E-state index contributed by atoms with van der Waals surface area (Å²) >= 11 is 2.19. The summed E-state index contributed by atoms with van der Waals surface area (Å²) in [5.41, 5.74) is 1.15. The zero-order chi connectivity index (χ0) is 14.0. The van der Waals surface area contributed by atoms with E-state index in [9.17, 15) is 4.79 Å². The van der Waals surface area contributed by atoms with Crippen LogP contribution in [0.15, 0.2) is 33.9 Å².